The van der Waals surface area contributed by atoms with Crippen LogP contribution in [0.15, 0.2) is 54.6 Å². The zero-order chi connectivity index (χ0) is 11.4. The van der Waals surface area contributed by atoms with Crippen molar-refractivity contribution in [3.05, 3.63) is 60.2 Å². The Morgan fingerprint density at radius 1 is 0.941 bits per heavy atom. The summed E-state index contributed by atoms with van der Waals surface area (Å²) in [5, 5.41) is 7.33. The lowest BCUT2D eigenvalue weighted by molar-refractivity contribution is 0.482. The summed E-state index contributed by atoms with van der Waals surface area (Å²) in [7, 11) is 0. The van der Waals surface area contributed by atoms with Crippen LogP contribution in [0.4, 0.5) is 0 Å². The van der Waals surface area contributed by atoms with Crippen molar-refractivity contribution < 1.29 is 4.74 Å². The molecular formula is C13H13ClN2O. The molecule has 2 aromatic rings. The van der Waals surface area contributed by atoms with Gasteiger partial charge in [-0.1, -0.05) is 30.3 Å². The predicted octanol–water partition coefficient (Wildman–Crippen LogP) is 3.18. The molecule has 4 heteroatoms. The molecule has 17 heavy (non-hydrogen) atoms. The van der Waals surface area contributed by atoms with Crippen LogP contribution in [-0.4, -0.2) is 5.84 Å². The molecule has 0 radical (unpaired) electrons. The molecule has 3 nitrogen and oxygen atoms in total. The minimum Gasteiger partial charge on any atom is -0.457 e. The van der Waals surface area contributed by atoms with E-state index in [1.165, 1.54) is 0 Å². The summed E-state index contributed by atoms with van der Waals surface area (Å²) in [6, 6.07) is 16.7. The van der Waals surface area contributed by atoms with Gasteiger partial charge in [-0.25, -0.2) is 0 Å². The van der Waals surface area contributed by atoms with Gasteiger partial charge in [0, 0.05) is 5.56 Å². The molecule has 0 aliphatic carbocycles. The third-order valence-electron chi connectivity index (χ3n) is 2.12. The summed E-state index contributed by atoms with van der Waals surface area (Å²) in [6.07, 6.45) is 0. The molecule has 2 rings (SSSR count). The zero-order valence-electron chi connectivity index (χ0n) is 9.09. The van der Waals surface area contributed by atoms with Gasteiger partial charge in [0.25, 0.3) is 0 Å². The van der Waals surface area contributed by atoms with Gasteiger partial charge in [0.1, 0.15) is 17.3 Å². The largest absolute Gasteiger partial charge is 0.457 e. The van der Waals surface area contributed by atoms with Gasteiger partial charge in [-0.2, -0.15) is 0 Å². The highest BCUT2D eigenvalue weighted by Gasteiger charge is 2.00. The average Bonchev–Trinajstić information content (AvgIpc) is 2.30. The van der Waals surface area contributed by atoms with Gasteiger partial charge in [0.05, 0.1) is 0 Å². The lowest BCUT2D eigenvalue weighted by Crippen LogP contribution is -2.10. The Kier molecular flexibility index (Phi) is 4.55. The van der Waals surface area contributed by atoms with E-state index in [-0.39, 0.29) is 18.2 Å². The van der Waals surface area contributed by atoms with E-state index in [0.717, 1.165) is 5.75 Å². The van der Waals surface area contributed by atoms with E-state index in [4.69, 9.17) is 15.9 Å². The Morgan fingerprint density at radius 2 is 1.59 bits per heavy atom. The normalized spacial score (nSPS) is 9.18. The minimum atomic E-state index is 0. The molecule has 0 spiro atoms. The quantitative estimate of drug-likeness (QED) is 0.647. The molecule has 0 aromatic heterocycles. The molecule has 0 unspecified atom stereocenters. The van der Waals surface area contributed by atoms with Crippen LogP contribution in [0.25, 0.3) is 0 Å². The summed E-state index contributed by atoms with van der Waals surface area (Å²) < 4.78 is 5.62. The maximum atomic E-state index is 7.33. The highest BCUT2D eigenvalue weighted by molar-refractivity contribution is 5.95. The predicted molar refractivity (Wildman–Crippen MR) is 71.2 cm³/mol. The number of para-hydroxylation sites is 1. The summed E-state index contributed by atoms with van der Waals surface area (Å²) >= 11 is 0. The Morgan fingerprint density at radius 3 is 2.24 bits per heavy atom. The number of nitrogens with one attached hydrogen (secondary N) is 1. The first kappa shape index (κ1) is 13.1. The molecule has 0 aliphatic heterocycles. The molecule has 0 heterocycles. The second-order valence-electron chi connectivity index (χ2n) is 3.36. The summed E-state index contributed by atoms with van der Waals surface area (Å²) in [5.41, 5.74) is 6.06. The zero-order valence-corrected chi connectivity index (χ0v) is 9.91. The van der Waals surface area contributed by atoms with Crippen molar-refractivity contribution in [1.82, 2.24) is 0 Å². The molecule has 0 aliphatic rings. The van der Waals surface area contributed by atoms with Gasteiger partial charge in [0.2, 0.25) is 0 Å². The summed E-state index contributed by atoms with van der Waals surface area (Å²) in [4.78, 5) is 0. The topological polar surface area (TPSA) is 59.1 Å². The van der Waals surface area contributed by atoms with Gasteiger partial charge in [-0.3, -0.25) is 5.41 Å². The molecular weight excluding hydrogens is 236 g/mol. The average molecular weight is 249 g/mol. The van der Waals surface area contributed by atoms with Crippen LogP contribution < -0.4 is 10.5 Å². The van der Waals surface area contributed by atoms with Crippen molar-refractivity contribution in [3.8, 4) is 11.5 Å². The molecule has 0 saturated carbocycles. The third kappa shape index (κ3) is 3.50. The number of benzene rings is 2. The molecule has 0 amide bonds. The monoisotopic (exact) mass is 248 g/mol. The number of nitrogens with two attached hydrogens (primary N) is 1. The first-order valence-electron chi connectivity index (χ1n) is 4.93. The van der Waals surface area contributed by atoms with Crippen molar-refractivity contribution in [2.24, 2.45) is 5.73 Å². The standard InChI is InChI=1S/C13H12N2O.ClH/c14-13(15)10-5-4-8-12(9-10)16-11-6-2-1-3-7-11;/h1-9H,(H3,14,15);1H. The van der Waals surface area contributed by atoms with Gasteiger partial charge in [0.15, 0.2) is 0 Å². The van der Waals surface area contributed by atoms with Crippen LogP contribution in [0.2, 0.25) is 0 Å². The maximum Gasteiger partial charge on any atom is 0.128 e. The molecule has 0 saturated heterocycles. The van der Waals surface area contributed by atoms with Crippen molar-refractivity contribution in [2.75, 3.05) is 0 Å². The molecule has 0 fully saturated rings. The van der Waals surface area contributed by atoms with Crippen molar-refractivity contribution >= 4 is 18.2 Å². The number of rotatable bonds is 3. The van der Waals surface area contributed by atoms with E-state index in [1.807, 2.05) is 42.5 Å². The fourth-order valence-electron chi connectivity index (χ4n) is 1.35. The second-order valence-corrected chi connectivity index (χ2v) is 3.36. The van der Waals surface area contributed by atoms with Crippen LogP contribution >= 0.6 is 12.4 Å². The second kappa shape index (κ2) is 5.92. The fraction of sp³-hybridized carbons (Fsp3) is 0. The van der Waals surface area contributed by atoms with Crippen LogP contribution in [0.5, 0.6) is 11.5 Å². The number of hydrogen-bond donors (Lipinski definition) is 2. The number of ether oxygens (including phenoxy) is 1. The highest BCUT2D eigenvalue weighted by atomic mass is 35.5. The van der Waals surface area contributed by atoms with E-state index >= 15 is 0 Å². The van der Waals surface area contributed by atoms with E-state index in [9.17, 15) is 0 Å². The molecule has 88 valence electrons. The van der Waals surface area contributed by atoms with Crippen molar-refractivity contribution in [1.29, 1.82) is 5.41 Å². The van der Waals surface area contributed by atoms with Gasteiger partial charge >= 0.3 is 0 Å². The Hall–Kier alpha value is -2.00. The van der Waals surface area contributed by atoms with Crippen LogP contribution in [-0.2, 0) is 0 Å². The smallest absolute Gasteiger partial charge is 0.128 e. The van der Waals surface area contributed by atoms with Crippen LogP contribution in [0, 0.1) is 5.41 Å². The molecule has 0 bridgehead atoms. The Balaban J connectivity index is 0.00000144. The number of halogens is 1. The fourth-order valence-corrected chi connectivity index (χ4v) is 1.35. The first-order chi connectivity index (χ1) is 7.75. The van der Waals surface area contributed by atoms with Gasteiger partial charge in [-0.15, -0.1) is 12.4 Å². The third-order valence-corrected chi connectivity index (χ3v) is 2.12. The Labute approximate surface area is 106 Å². The van der Waals surface area contributed by atoms with Crippen molar-refractivity contribution in [2.45, 2.75) is 0 Å². The molecule has 3 N–H and O–H groups in total. The van der Waals surface area contributed by atoms with Gasteiger partial charge in [-0.05, 0) is 24.3 Å². The Bertz CT molecular complexity index is 500. The first-order valence-corrected chi connectivity index (χ1v) is 4.93. The van der Waals surface area contributed by atoms with Crippen molar-refractivity contribution in [3.63, 3.8) is 0 Å². The SMILES string of the molecule is Cl.N=C(N)c1cccc(Oc2ccccc2)c1. The van der Waals surface area contributed by atoms with Crippen LogP contribution in [0.3, 0.4) is 0 Å². The summed E-state index contributed by atoms with van der Waals surface area (Å²) in [5.74, 6) is 1.49. The lowest BCUT2D eigenvalue weighted by Gasteiger charge is -2.06. The number of nitrogen functional groups attached to an aromatic ring is 1. The molecule has 0 atom stereocenters. The lowest BCUT2D eigenvalue weighted by atomic mass is 10.2. The van der Waals surface area contributed by atoms with E-state index in [0.29, 0.717) is 11.3 Å². The van der Waals surface area contributed by atoms with Crippen LogP contribution in [0.1, 0.15) is 5.56 Å². The number of hydrogen-bond acceptors (Lipinski definition) is 2. The summed E-state index contributed by atoms with van der Waals surface area (Å²) in [6.45, 7) is 0. The van der Waals surface area contributed by atoms with E-state index in [2.05, 4.69) is 0 Å². The maximum absolute atomic E-state index is 7.33. The minimum absolute atomic E-state index is 0. The highest BCUT2D eigenvalue weighted by Crippen LogP contribution is 2.21. The number of amidine groups is 1. The van der Waals surface area contributed by atoms with Gasteiger partial charge < -0.3 is 10.5 Å². The van der Waals surface area contributed by atoms with E-state index < -0.39 is 0 Å². The van der Waals surface area contributed by atoms with E-state index in [1.54, 1.807) is 12.1 Å². The molecule has 2 aromatic carbocycles.